The highest BCUT2D eigenvalue weighted by Crippen LogP contribution is 2.46. The Morgan fingerprint density at radius 1 is 1.29 bits per heavy atom. The minimum Gasteiger partial charge on any atom is -0.382 e. The van der Waals surface area contributed by atoms with E-state index in [9.17, 15) is 0 Å². The summed E-state index contributed by atoms with van der Waals surface area (Å²) >= 11 is 6.15. The van der Waals surface area contributed by atoms with Crippen molar-refractivity contribution in [3.05, 3.63) is 28.8 Å². The van der Waals surface area contributed by atoms with Crippen molar-refractivity contribution >= 4 is 17.3 Å². The van der Waals surface area contributed by atoms with Crippen molar-refractivity contribution in [3.63, 3.8) is 0 Å². The number of halogens is 1. The monoisotopic (exact) mass is 249 g/mol. The standard InChI is InChI=1S/C15H20ClN/c1-2-11-12-5-3-4-6-14(12)17-15-8-7-10(16)9-13(11)15/h7-9,11-12,14,17H,2-6H2,1H3/t11?,12?,14-/m1/s1. The van der Waals surface area contributed by atoms with Gasteiger partial charge in [-0.3, -0.25) is 0 Å². The van der Waals surface area contributed by atoms with Crippen molar-refractivity contribution in [2.24, 2.45) is 5.92 Å². The van der Waals surface area contributed by atoms with Crippen molar-refractivity contribution in [1.29, 1.82) is 0 Å². The van der Waals surface area contributed by atoms with Crippen LogP contribution in [0.5, 0.6) is 0 Å². The fourth-order valence-corrected chi connectivity index (χ4v) is 3.93. The van der Waals surface area contributed by atoms with Crippen LogP contribution in [-0.4, -0.2) is 6.04 Å². The molecule has 1 saturated carbocycles. The average Bonchev–Trinajstić information content (AvgIpc) is 2.36. The van der Waals surface area contributed by atoms with E-state index in [2.05, 4.69) is 24.4 Å². The lowest BCUT2D eigenvalue weighted by atomic mass is 9.70. The fourth-order valence-electron chi connectivity index (χ4n) is 3.75. The summed E-state index contributed by atoms with van der Waals surface area (Å²) in [4.78, 5) is 0. The topological polar surface area (TPSA) is 12.0 Å². The summed E-state index contributed by atoms with van der Waals surface area (Å²) < 4.78 is 0. The molecule has 0 radical (unpaired) electrons. The Kier molecular flexibility index (Phi) is 3.04. The van der Waals surface area contributed by atoms with Gasteiger partial charge in [0.1, 0.15) is 0 Å². The van der Waals surface area contributed by atoms with Crippen LogP contribution in [0, 0.1) is 5.92 Å². The van der Waals surface area contributed by atoms with Crippen molar-refractivity contribution in [2.75, 3.05) is 5.32 Å². The first kappa shape index (κ1) is 11.4. The highest BCUT2D eigenvalue weighted by Gasteiger charge is 2.36. The van der Waals surface area contributed by atoms with Gasteiger partial charge in [-0.25, -0.2) is 0 Å². The van der Waals surface area contributed by atoms with Gasteiger partial charge in [0.05, 0.1) is 0 Å². The lowest BCUT2D eigenvalue weighted by Crippen LogP contribution is -2.39. The number of nitrogens with one attached hydrogen (secondary N) is 1. The molecule has 1 nitrogen and oxygen atoms in total. The number of hydrogen-bond acceptors (Lipinski definition) is 1. The second-order valence-corrected chi connectivity index (χ2v) is 5.88. The highest BCUT2D eigenvalue weighted by atomic mass is 35.5. The van der Waals surface area contributed by atoms with Crippen molar-refractivity contribution in [1.82, 2.24) is 0 Å². The molecule has 0 aromatic heterocycles. The highest BCUT2D eigenvalue weighted by molar-refractivity contribution is 6.30. The molecule has 0 saturated heterocycles. The lowest BCUT2D eigenvalue weighted by Gasteiger charge is -2.43. The van der Waals surface area contributed by atoms with Crippen LogP contribution < -0.4 is 5.32 Å². The van der Waals surface area contributed by atoms with Crippen LogP contribution in [0.25, 0.3) is 0 Å². The molecule has 1 aliphatic heterocycles. The molecule has 1 heterocycles. The van der Waals surface area contributed by atoms with E-state index in [0.717, 1.165) is 10.9 Å². The SMILES string of the molecule is CCC1c2cc(Cl)ccc2N[C@@H]2CCCCC12. The van der Waals surface area contributed by atoms with Crippen molar-refractivity contribution in [2.45, 2.75) is 51.0 Å². The van der Waals surface area contributed by atoms with Gasteiger partial charge in [-0.2, -0.15) is 0 Å². The van der Waals surface area contributed by atoms with E-state index in [1.807, 2.05) is 6.07 Å². The zero-order valence-electron chi connectivity index (χ0n) is 10.4. The summed E-state index contributed by atoms with van der Waals surface area (Å²) in [6.07, 6.45) is 6.73. The van der Waals surface area contributed by atoms with Crippen LogP contribution in [0.4, 0.5) is 5.69 Å². The Hall–Kier alpha value is -0.690. The number of hydrogen-bond donors (Lipinski definition) is 1. The number of anilines is 1. The minimum atomic E-state index is 0.697. The Balaban J connectivity index is 2.01. The van der Waals surface area contributed by atoms with Crippen LogP contribution in [-0.2, 0) is 0 Å². The maximum Gasteiger partial charge on any atom is 0.0410 e. The van der Waals surface area contributed by atoms with Gasteiger partial charge in [-0.15, -0.1) is 0 Å². The van der Waals surface area contributed by atoms with Crippen LogP contribution in [0.3, 0.4) is 0 Å². The summed E-state index contributed by atoms with van der Waals surface area (Å²) in [5, 5.41) is 4.61. The molecule has 0 spiro atoms. The van der Waals surface area contributed by atoms with E-state index >= 15 is 0 Å². The van der Waals surface area contributed by atoms with E-state index in [1.165, 1.54) is 43.4 Å². The second-order valence-electron chi connectivity index (χ2n) is 5.45. The molecule has 2 heteroatoms. The number of fused-ring (bicyclic) bond motifs is 2. The molecule has 0 bridgehead atoms. The van der Waals surface area contributed by atoms with E-state index < -0.39 is 0 Å². The van der Waals surface area contributed by atoms with Crippen LogP contribution >= 0.6 is 11.6 Å². The predicted octanol–water partition coefficient (Wildman–Crippen LogP) is 4.82. The molecular weight excluding hydrogens is 230 g/mol. The summed E-state index contributed by atoms with van der Waals surface area (Å²) in [6, 6.07) is 7.03. The van der Waals surface area contributed by atoms with Gasteiger partial charge in [0.2, 0.25) is 0 Å². The molecule has 2 unspecified atom stereocenters. The molecule has 92 valence electrons. The molecular formula is C15H20ClN. The molecule has 17 heavy (non-hydrogen) atoms. The second kappa shape index (κ2) is 4.53. The van der Waals surface area contributed by atoms with E-state index in [4.69, 9.17) is 11.6 Å². The van der Waals surface area contributed by atoms with Crippen molar-refractivity contribution in [3.8, 4) is 0 Å². The number of rotatable bonds is 1. The lowest BCUT2D eigenvalue weighted by molar-refractivity contribution is 0.263. The largest absolute Gasteiger partial charge is 0.382 e. The summed E-state index contributed by atoms with van der Waals surface area (Å²) in [5.74, 6) is 1.52. The first-order valence-corrected chi connectivity index (χ1v) is 7.23. The smallest absolute Gasteiger partial charge is 0.0410 e. The summed E-state index contributed by atoms with van der Waals surface area (Å²) in [6.45, 7) is 2.31. The molecule has 1 aromatic carbocycles. The van der Waals surface area contributed by atoms with E-state index in [0.29, 0.717) is 12.0 Å². The third kappa shape index (κ3) is 1.95. The third-order valence-corrected chi connectivity index (χ3v) is 4.77. The maximum atomic E-state index is 6.15. The predicted molar refractivity (Wildman–Crippen MR) is 73.9 cm³/mol. The van der Waals surface area contributed by atoms with Gasteiger partial charge in [0.15, 0.2) is 0 Å². The molecule has 3 rings (SSSR count). The van der Waals surface area contributed by atoms with Crippen LogP contribution in [0.1, 0.15) is 50.5 Å². The Morgan fingerprint density at radius 2 is 2.12 bits per heavy atom. The normalized spacial score (nSPS) is 31.3. The minimum absolute atomic E-state index is 0.697. The molecule has 1 N–H and O–H groups in total. The van der Waals surface area contributed by atoms with Gasteiger partial charge in [0.25, 0.3) is 0 Å². The van der Waals surface area contributed by atoms with Gasteiger partial charge >= 0.3 is 0 Å². The van der Waals surface area contributed by atoms with Crippen LogP contribution in [0.2, 0.25) is 5.02 Å². The van der Waals surface area contributed by atoms with Gasteiger partial charge in [0, 0.05) is 16.8 Å². The summed E-state index contributed by atoms with van der Waals surface area (Å²) in [5.41, 5.74) is 2.77. The summed E-state index contributed by atoms with van der Waals surface area (Å²) in [7, 11) is 0. The zero-order chi connectivity index (χ0) is 11.8. The fraction of sp³-hybridized carbons (Fsp3) is 0.600. The first-order valence-electron chi connectivity index (χ1n) is 6.85. The van der Waals surface area contributed by atoms with Gasteiger partial charge in [-0.1, -0.05) is 31.4 Å². The molecule has 2 aliphatic rings. The molecule has 3 atom stereocenters. The Morgan fingerprint density at radius 3 is 2.94 bits per heavy atom. The van der Waals surface area contributed by atoms with E-state index in [-0.39, 0.29) is 0 Å². The Labute approximate surface area is 109 Å². The Bertz CT molecular complexity index is 415. The molecule has 1 aliphatic carbocycles. The quantitative estimate of drug-likeness (QED) is 0.753. The third-order valence-electron chi connectivity index (χ3n) is 4.53. The first-order chi connectivity index (χ1) is 8.29. The van der Waals surface area contributed by atoms with E-state index in [1.54, 1.807) is 0 Å². The average molecular weight is 250 g/mol. The van der Waals surface area contributed by atoms with Crippen molar-refractivity contribution < 1.29 is 0 Å². The molecule has 1 aromatic rings. The van der Waals surface area contributed by atoms with Gasteiger partial charge < -0.3 is 5.32 Å². The maximum absolute atomic E-state index is 6.15. The van der Waals surface area contributed by atoms with Crippen LogP contribution in [0.15, 0.2) is 18.2 Å². The van der Waals surface area contributed by atoms with Gasteiger partial charge in [-0.05, 0) is 54.9 Å². The molecule has 1 fully saturated rings. The number of benzene rings is 1. The molecule has 0 amide bonds. The zero-order valence-corrected chi connectivity index (χ0v) is 11.1.